The summed E-state index contributed by atoms with van der Waals surface area (Å²) in [7, 11) is 0. The van der Waals surface area contributed by atoms with Crippen molar-refractivity contribution < 1.29 is 0 Å². The van der Waals surface area contributed by atoms with Gasteiger partial charge in [-0.3, -0.25) is 4.90 Å². The zero-order valence-electron chi connectivity index (χ0n) is 40.9. The van der Waals surface area contributed by atoms with E-state index in [0.29, 0.717) is 12.1 Å². The van der Waals surface area contributed by atoms with E-state index in [2.05, 4.69) is 157 Å². The maximum atomic E-state index is 2.62. The first-order valence-electron chi connectivity index (χ1n) is 24.1. The van der Waals surface area contributed by atoms with Crippen LogP contribution in [0.15, 0.2) is 23.4 Å². The van der Waals surface area contributed by atoms with Gasteiger partial charge in [0.05, 0.1) is 0 Å². The average Bonchev–Trinajstić information content (AvgIpc) is 3.11. The van der Waals surface area contributed by atoms with Crippen LogP contribution in [0.5, 0.6) is 0 Å². The summed E-state index contributed by atoms with van der Waals surface area (Å²) in [5, 5.41) is 0. The summed E-state index contributed by atoms with van der Waals surface area (Å²) in [5.41, 5.74) is 3.27. The number of hydrogen-bond acceptors (Lipinski definition) is 4. The van der Waals surface area contributed by atoms with Crippen LogP contribution >= 0.6 is 0 Å². The second-order valence-corrected chi connectivity index (χ2v) is 20.9. The van der Waals surface area contributed by atoms with Crippen LogP contribution in [-0.4, -0.2) is 89.6 Å². The smallest absolute Gasteiger partial charge is 0.0227 e. The largest absolute Gasteiger partial charge is 0.375 e. The van der Waals surface area contributed by atoms with Crippen LogP contribution in [0.1, 0.15) is 189 Å². The Morgan fingerprint density at radius 1 is 0.418 bits per heavy atom. The molecule has 4 aliphatic heterocycles. The molecule has 0 amide bonds. The molecule has 2 saturated heterocycles. The Bertz CT molecular complexity index is 976. The molecule has 5 aliphatic rings. The lowest BCUT2D eigenvalue weighted by molar-refractivity contribution is 0.117. The van der Waals surface area contributed by atoms with Crippen molar-refractivity contribution in [3.63, 3.8) is 0 Å². The summed E-state index contributed by atoms with van der Waals surface area (Å²) in [4.78, 5) is 10.2. The van der Waals surface area contributed by atoms with Crippen LogP contribution in [-0.2, 0) is 0 Å². The minimum Gasteiger partial charge on any atom is -0.375 e. The quantitative estimate of drug-likeness (QED) is 0.217. The SMILES string of the molecule is CC(C)C1=CCN(C(C)C)CC1.CC(C)C1=CN(C(C)C)CCC1.CC(C)C1CCC1.CC(C)C1CCCN(C(C)C)C1.CC(C)C1CCN(C(C)C)CC1. The summed E-state index contributed by atoms with van der Waals surface area (Å²) in [6, 6.07) is 2.86. The van der Waals surface area contributed by atoms with E-state index >= 15 is 0 Å². The fourth-order valence-corrected chi connectivity index (χ4v) is 8.61. The van der Waals surface area contributed by atoms with Crippen LogP contribution < -0.4 is 0 Å². The van der Waals surface area contributed by atoms with Gasteiger partial charge >= 0.3 is 0 Å². The first-order chi connectivity index (χ1) is 25.7. The second-order valence-electron chi connectivity index (χ2n) is 20.9. The molecule has 326 valence electrons. The Hall–Kier alpha value is -0.840. The van der Waals surface area contributed by atoms with E-state index in [1.807, 2.05) is 0 Å². The van der Waals surface area contributed by atoms with Gasteiger partial charge < -0.3 is 14.7 Å². The molecule has 1 unspecified atom stereocenters. The molecule has 0 N–H and O–H groups in total. The van der Waals surface area contributed by atoms with Crippen LogP contribution in [0, 0.1) is 47.3 Å². The molecule has 55 heavy (non-hydrogen) atoms. The van der Waals surface area contributed by atoms with Crippen molar-refractivity contribution in [1.82, 2.24) is 19.6 Å². The molecule has 0 aromatic carbocycles. The minimum absolute atomic E-state index is 0.666. The molecular formula is C51H102N4. The van der Waals surface area contributed by atoms with Gasteiger partial charge in [-0.2, -0.15) is 0 Å². The van der Waals surface area contributed by atoms with E-state index in [-0.39, 0.29) is 0 Å². The third kappa shape index (κ3) is 21.1. The van der Waals surface area contributed by atoms with Crippen LogP contribution in [0.4, 0.5) is 0 Å². The maximum Gasteiger partial charge on any atom is 0.0227 e. The van der Waals surface area contributed by atoms with Gasteiger partial charge in [-0.05, 0) is 174 Å². The molecular weight excluding hydrogens is 669 g/mol. The van der Waals surface area contributed by atoms with Gasteiger partial charge in [0.25, 0.3) is 0 Å². The topological polar surface area (TPSA) is 13.0 Å². The average molecular weight is 771 g/mol. The number of allylic oxidation sites excluding steroid dienone is 1. The van der Waals surface area contributed by atoms with Crippen molar-refractivity contribution >= 4 is 0 Å². The van der Waals surface area contributed by atoms with Crippen LogP contribution in [0.3, 0.4) is 0 Å². The van der Waals surface area contributed by atoms with Gasteiger partial charge in [-0.15, -0.1) is 0 Å². The summed E-state index contributed by atoms with van der Waals surface area (Å²) in [6.07, 6.45) is 18.9. The van der Waals surface area contributed by atoms with E-state index < -0.39 is 0 Å². The zero-order valence-corrected chi connectivity index (χ0v) is 40.9. The predicted octanol–water partition coefficient (Wildman–Crippen LogP) is 13.7. The van der Waals surface area contributed by atoms with E-state index in [4.69, 9.17) is 0 Å². The molecule has 4 nitrogen and oxygen atoms in total. The summed E-state index contributed by atoms with van der Waals surface area (Å²) in [6.45, 7) is 50.5. The van der Waals surface area contributed by atoms with E-state index in [9.17, 15) is 0 Å². The highest BCUT2D eigenvalue weighted by Crippen LogP contribution is 2.32. The lowest BCUT2D eigenvalue weighted by atomic mass is 9.78. The van der Waals surface area contributed by atoms with E-state index in [0.717, 1.165) is 66.0 Å². The standard InChI is InChI=1S/C11H23N.C11H21N.C11H23N.C11H21N.C7H14/c2*1-9(2)11-5-7-12(8-6-11)10(3)4;2*1-9(2)11-6-5-7-12(8-11)10(3)4;1-6(2)7-4-3-5-7/h9-11H,5-8H2,1-4H3;5,9-10H,6-8H2,1-4H3;9-11H,5-8H2,1-4H3;8-10H,5-7H2,1-4H3;6-7H,3-5H2,1-2H3. The molecule has 0 spiro atoms. The van der Waals surface area contributed by atoms with Crippen LogP contribution in [0.2, 0.25) is 0 Å². The number of likely N-dealkylation sites (tertiary alicyclic amines) is 2. The van der Waals surface area contributed by atoms with Crippen LogP contribution in [0.25, 0.3) is 0 Å². The van der Waals surface area contributed by atoms with Crippen molar-refractivity contribution in [3.8, 4) is 0 Å². The molecule has 5 rings (SSSR count). The van der Waals surface area contributed by atoms with Crippen molar-refractivity contribution in [3.05, 3.63) is 23.4 Å². The Morgan fingerprint density at radius 2 is 0.909 bits per heavy atom. The zero-order chi connectivity index (χ0) is 41.8. The monoisotopic (exact) mass is 771 g/mol. The number of hydrogen-bond donors (Lipinski definition) is 0. The number of nitrogens with zero attached hydrogens (tertiary/aromatic N) is 4. The highest BCUT2D eigenvalue weighted by Gasteiger charge is 2.24. The summed E-state index contributed by atoms with van der Waals surface area (Å²) < 4.78 is 0. The van der Waals surface area contributed by atoms with Gasteiger partial charge in [-0.25, -0.2) is 0 Å². The third-order valence-electron chi connectivity index (χ3n) is 13.9. The van der Waals surface area contributed by atoms with Crippen molar-refractivity contribution in [1.29, 1.82) is 0 Å². The number of rotatable bonds is 9. The highest BCUT2D eigenvalue weighted by atomic mass is 15.2. The second kappa shape index (κ2) is 27.8. The lowest BCUT2D eigenvalue weighted by Crippen LogP contribution is -2.41. The van der Waals surface area contributed by atoms with Crippen molar-refractivity contribution in [2.75, 3.05) is 45.8 Å². The number of piperidine rings is 2. The van der Waals surface area contributed by atoms with Gasteiger partial charge in [0, 0.05) is 50.3 Å². The van der Waals surface area contributed by atoms with E-state index in [1.165, 1.54) is 103 Å². The molecule has 4 heterocycles. The first kappa shape index (κ1) is 52.2. The molecule has 3 fully saturated rings. The summed E-state index contributed by atoms with van der Waals surface area (Å²) in [5.74, 6) is 7.20. The normalized spacial score (nSPS) is 22.2. The lowest BCUT2D eigenvalue weighted by Gasteiger charge is -2.37. The minimum atomic E-state index is 0.666. The Morgan fingerprint density at radius 3 is 1.27 bits per heavy atom. The van der Waals surface area contributed by atoms with Gasteiger partial charge in [0.15, 0.2) is 0 Å². The first-order valence-corrected chi connectivity index (χ1v) is 24.1. The van der Waals surface area contributed by atoms with Crippen molar-refractivity contribution in [2.24, 2.45) is 47.3 Å². The third-order valence-corrected chi connectivity index (χ3v) is 13.9. The molecule has 4 heteroatoms. The molecule has 0 aromatic rings. The van der Waals surface area contributed by atoms with E-state index in [1.54, 1.807) is 11.1 Å². The van der Waals surface area contributed by atoms with Gasteiger partial charge in [-0.1, -0.05) is 106 Å². The molecule has 1 aliphatic carbocycles. The van der Waals surface area contributed by atoms with Gasteiger partial charge in [0.2, 0.25) is 0 Å². The molecule has 0 bridgehead atoms. The summed E-state index contributed by atoms with van der Waals surface area (Å²) >= 11 is 0. The molecule has 0 radical (unpaired) electrons. The van der Waals surface area contributed by atoms with Gasteiger partial charge in [0.1, 0.15) is 0 Å². The molecule has 1 atom stereocenters. The Kier molecular flexibility index (Phi) is 26.4. The highest BCUT2D eigenvalue weighted by molar-refractivity contribution is 5.10. The fourth-order valence-electron chi connectivity index (χ4n) is 8.61. The molecule has 1 saturated carbocycles. The maximum absolute atomic E-state index is 2.62. The van der Waals surface area contributed by atoms with Crippen molar-refractivity contribution in [2.45, 2.75) is 213 Å². The Balaban J connectivity index is 0.000000347. The fraction of sp³-hybridized carbons (Fsp3) is 0.922. The predicted molar refractivity (Wildman–Crippen MR) is 249 cm³/mol. The Labute approximate surface area is 348 Å². The molecule has 0 aromatic heterocycles.